The van der Waals surface area contributed by atoms with E-state index in [1.165, 1.54) is 12.1 Å². The first-order valence-corrected chi connectivity index (χ1v) is 11.8. The number of carbonyl (C=O) groups is 1. The number of hydrogen-bond acceptors (Lipinski definition) is 5. The molecule has 0 saturated carbocycles. The van der Waals surface area contributed by atoms with Crippen molar-refractivity contribution >= 4 is 23.3 Å². The second-order valence-electron chi connectivity index (χ2n) is 8.69. The topological polar surface area (TPSA) is 79.6 Å². The molecular weight excluding hydrogens is 459 g/mol. The fourth-order valence-electron chi connectivity index (χ4n) is 4.56. The van der Waals surface area contributed by atoms with Gasteiger partial charge in [0.05, 0.1) is 11.6 Å². The van der Waals surface area contributed by atoms with E-state index in [1.807, 2.05) is 22.9 Å². The molecule has 7 nitrogen and oxygen atoms in total. The van der Waals surface area contributed by atoms with E-state index in [9.17, 15) is 14.3 Å². The van der Waals surface area contributed by atoms with Gasteiger partial charge in [0, 0.05) is 62.4 Å². The van der Waals surface area contributed by atoms with Crippen LogP contribution in [-0.4, -0.2) is 51.3 Å². The van der Waals surface area contributed by atoms with Gasteiger partial charge in [0.1, 0.15) is 17.3 Å². The predicted molar refractivity (Wildman–Crippen MR) is 127 cm³/mol. The van der Waals surface area contributed by atoms with Crippen molar-refractivity contribution in [3.8, 4) is 11.1 Å². The number of aliphatic hydroxyl groups is 1. The van der Waals surface area contributed by atoms with Crippen molar-refractivity contribution in [3.63, 3.8) is 0 Å². The first-order valence-electron chi connectivity index (χ1n) is 11.4. The molecule has 0 radical (unpaired) electrons. The highest BCUT2D eigenvalue weighted by Gasteiger charge is 2.27. The second-order valence-corrected chi connectivity index (χ2v) is 9.09. The lowest BCUT2D eigenvalue weighted by Gasteiger charge is -2.29. The molecular formula is C25H26ClFN4O3. The standard InChI is InChI=1S/C25H26ClFN4O3/c26-22-12-28-24(29-20-3-7-34-8-4-20)11-21(22)18-10-23-25(33)31(6-5-30(23)14-18)13-17-9-19(27)2-1-16(17)15-32/h1-2,9-12,14,20,32H,3-8,13,15H2,(H,28,29). The summed E-state index contributed by atoms with van der Waals surface area (Å²) in [5, 5.41) is 13.6. The molecule has 1 saturated heterocycles. The lowest BCUT2D eigenvalue weighted by Crippen LogP contribution is -2.39. The van der Waals surface area contributed by atoms with Crippen LogP contribution >= 0.6 is 11.6 Å². The summed E-state index contributed by atoms with van der Waals surface area (Å²) < 4.78 is 21.1. The Bertz CT molecular complexity index is 1210. The Morgan fingerprint density at radius 3 is 2.79 bits per heavy atom. The zero-order valence-electron chi connectivity index (χ0n) is 18.6. The number of aliphatic hydroxyl groups excluding tert-OH is 1. The highest BCUT2D eigenvalue weighted by molar-refractivity contribution is 6.33. The average molecular weight is 485 g/mol. The SMILES string of the molecule is O=C1c2cc(-c3cc(NC4CCOCC4)ncc3Cl)cn2CCN1Cc1cc(F)ccc1CO. The second kappa shape index (κ2) is 9.74. The van der Waals surface area contributed by atoms with Crippen molar-refractivity contribution in [2.45, 2.75) is 38.6 Å². The van der Waals surface area contributed by atoms with Crippen molar-refractivity contribution in [1.29, 1.82) is 0 Å². The number of carbonyl (C=O) groups excluding carboxylic acids is 1. The lowest BCUT2D eigenvalue weighted by atomic mass is 10.1. The number of rotatable bonds is 6. The van der Waals surface area contributed by atoms with E-state index < -0.39 is 0 Å². The van der Waals surface area contributed by atoms with Gasteiger partial charge in [-0.25, -0.2) is 9.37 Å². The number of fused-ring (bicyclic) bond motifs is 1. The van der Waals surface area contributed by atoms with E-state index in [4.69, 9.17) is 16.3 Å². The molecule has 0 unspecified atom stereocenters. The van der Waals surface area contributed by atoms with Crippen LogP contribution in [0.3, 0.4) is 0 Å². The van der Waals surface area contributed by atoms with Crippen molar-refractivity contribution in [1.82, 2.24) is 14.5 Å². The number of benzene rings is 1. The van der Waals surface area contributed by atoms with Gasteiger partial charge in [-0.1, -0.05) is 17.7 Å². The van der Waals surface area contributed by atoms with E-state index in [0.717, 1.165) is 43.0 Å². The fraction of sp³-hybridized carbons (Fsp3) is 0.360. The number of amides is 1. The zero-order chi connectivity index (χ0) is 23.7. The molecule has 1 fully saturated rings. The first-order chi connectivity index (χ1) is 16.5. The monoisotopic (exact) mass is 484 g/mol. The van der Waals surface area contributed by atoms with Gasteiger partial charge in [-0.2, -0.15) is 0 Å². The molecule has 0 aliphatic carbocycles. The van der Waals surface area contributed by atoms with Crippen molar-refractivity contribution < 1.29 is 19.0 Å². The van der Waals surface area contributed by atoms with Crippen LogP contribution in [-0.2, 0) is 24.4 Å². The number of nitrogens with one attached hydrogen (secondary N) is 1. The van der Waals surface area contributed by atoms with Crippen LogP contribution in [0.2, 0.25) is 5.02 Å². The average Bonchev–Trinajstić information content (AvgIpc) is 3.28. The molecule has 5 rings (SSSR count). The molecule has 3 aromatic rings. The number of halogens is 2. The molecule has 0 spiro atoms. The van der Waals surface area contributed by atoms with Crippen molar-refractivity contribution in [2.24, 2.45) is 0 Å². The summed E-state index contributed by atoms with van der Waals surface area (Å²) in [6, 6.07) is 8.31. The summed E-state index contributed by atoms with van der Waals surface area (Å²) in [5.41, 5.74) is 3.42. The Labute approximate surface area is 202 Å². The Kier molecular flexibility index (Phi) is 6.54. The summed E-state index contributed by atoms with van der Waals surface area (Å²) in [4.78, 5) is 19.3. The number of hydrogen-bond donors (Lipinski definition) is 2. The summed E-state index contributed by atoms with van der Waals surface area (Å²) in [6.45, 7) is 2.60. The van der Waals surface area contributed by atoms with E-state index in [-0.39, 0.29) is 24.9 Å². The number of nitrogens with zero attached hydrogens (tertiary/aromatic N) is 3. The maximum Gasteiger partial charge on any atom is 0.270 e. The molecule has 4 heterocycles. The third-order valence-corrected chi connectivity index (χ3v) is 6.75. The fourth-order valence-corrected chi connectivity index (χ4v) is 4.77. The third-order valence-electron chi connectivity index (χ3n) is 6.45. The molecule has 34 heavy (non-hydrogen) atoms. The van der Waals surface area contributed by atoms with Crippen LogP contribution in [0.4, 0.5) is 10.2 Å². The van der Waals surface area contributed by atoms with Gasteiger partial charge >= 0.3 is 0 Å². The molecule has 1 amide bonds. The maximum absolute atomic E-state index is 13.8. The number of pyridine rings is 1. The summed E-state index contributed by atoms with van der Waals surface area (Å²) in [6.07, 6.45) is 5.41. The van der Waals surface area contributed by atoms with Crippen LogP contribution in [0.15, 0.2) is 42.7 Å². The minimum atomic E-state index is -0.389. The normalized spacial score (nSPS) is 16.6. The van der Waals surface area contributed by atoms with Gasteiger partial charge in [-0.15, -0.1) is 0 Å². The molecule has 2 aliphatic rings. The largest absolute Gasteiger partial charge is 0.392 e. The van der Waals surface area contributed by atoms with Gasteiger partial charge in [0.25, 0.3) is 5.91 Å². The maximum atomic E-state index is 13.8. The lowest BCUT2D eigenvalue weighted by molar-refractivity contribution is 0.0689. The predicted octanol–water partition coefficient (Wildman–Crippen LogP) is 4.08. The smallest absolute Gasteiger partial charge is 0.270 e. The van der Waals surface area contributed by atoms with Gasteiger partial charge in [0.15, 0.2) is 0 Å². The van der Waals surface area contributed by atoms with Crippen LogP contribution in [0.25, 0.3) is 11.1 Å². The molecule has 178 valence electrons. The molecule has 2 N–H and O–H groups in total. The zero-order valence-corrected chi connectivity index (χ0v) is 19.4. The minimum absolute atomic E-state index is 0.142. The van der Waals surface area contributed by atoms with Gasteiger partial charge < -0.3 is 24.6 Å². The van der Waals surface area contributed by atoms with Crippen LogP contribution < -0.4 is 5.32 Å². The quantitative estimate of drug-likeness (QED) is 0.551. The van der Waals surface area contributed by atoms with Crippen LogP contribution in [0.1, 0.15) is 34.5 Å². The number of anilines is 1. The van der Waals surface area contributed by atoms with Gasteiger partial charge in [-0.3, -0.25) is 4.79 Å². The van der Waals surface area contributed by atoms with Gasteiger partial charge in [0.2, 0.25) is 0 Å². The minimum Gasteiger partial charge on any atom is -0.392 e. The Morgan fingerprint density at radius 2 is 2.00 bits per heavy atom. The molecule has 0 bridgehead atoms. The summed E-state index contributed by atoms with van der Waals surface area (Å²) >= 11 is 6.48. The van der Waals surface area contributed by atoms with E-state index in [1.54, 1.807) is 17.2 Å². The van der Waals surface area contributed by atoms with E-state index >= 15 is 0 Å². The van der Waals surface area contributed by atoms with Crippen molar-refractivity contribution in [3.05, 3.63) is 70.4 Å². The van der Waals surface area contributed by atoms with Crippen LogP contribution in [0.5, 0.6) is 0 Å². The Hall–Kier alpha value is -2.94. The Morgan fingerprint density at radius 1 is 1.18 bits per heavy atom. The van der Waals surface area contributed by atoms with Crippen molar-refractivity contribution in [2.75, 3.05) is 25.1 Å². The highest BCUT2D eigenvalue weighted by Crippen LogP contribution is 2.33. The van der Waals surface area contributed by atoms with Crippen LogP contribution in [0, 0.1) is 5.82 Å². The molecule has 2 aliphatic heterocycles. The summed E-state index contributed by atoms with van der Waals surface area (Å²) in [7, 11) is 0. The number of aromatic nitrogens is 2. The summed E-state index contributed by atoms with van der Waals surface area (Å²) in [5.74, 6) is 0.210. The van der Waals surface area contributed by atoms with E-state index in [2.05, 4.69) is 10.3 Å². The Balaban J connectivity index is 1.37. The first kappa shape index (κ1) is 22.8. The molecule has 2 aromatic heterocycles. The molecule has 0 atom stereocenters. The van der Waals surface area contributed by atoms with Gasteiger partial charge in [-0.05, 0) is 48.2 Å². The van der Waals surface area contributed by atoms with E-state index in [0.29, 0.717) is 41.0 Å². The molecule has 9 heteroatoms. The molecule has 1 aromatic carbocycles. The third kappa shape index (κ3) is 4.66. The number of ether oxygens (including phenoxy) is 1. The highest BCUT2D eigenvalue weighted by atomic mass is 35.5.